The third-order valence-corrected chi connectivity index (χ3v) is 13.3. The summed E-state index contributed by atoms with van der Waals surface area (Å²) in [6.07, 6.45) is 3.70. The van der Waals surface area contributed by atoms with Crippen LogP contribution in [-0.2, 0) is 30.3 Å². The number of esters is 1. The Labute approximate surface area is 374 Å². The number of aromatic hydroxyl groups is 3. The van der Waals surface area contributed by atoms with Crippen molar-refractivity contribution >= 4 is 39.8 Å². The molecule has 0 radical (unpaired) electrons. The van der Waals surface area contributed by atoms with Crippen LogP contribution < -0.4 is 15.0 Å². The first kappa shape index (κ1) is 47.9. The number of carbonyl (C=O) groups excluding carboxylic acids is 3. The number of carbonyl (C=O) groups is 3. The number of hydrogen-bond acceptors (Lipinski definition) is 14. The van der Waals surface area contributed by atoms with Crippen LogP contribution in [0, 0.1) is 37.5 Å². The summed E-state index contributed by atoms with van der Waals surface area (Å²) < 4.78 is 23.8. The standard InChI is InChI=1S/C49H63N3O12/c1-25-14-11-12-17-33(25)24-51-19-21-52(22-20-51)39-38-43(57)36-35(44(39)58)37-46(31(7)42(36)56)64-49(9,47(37)59)62-23-18-34(61-10)28(4)45(63-32(8)53)30(6)41(55)29(5)40(54)26(2)15-13-16-27(3)48(60)50-38/h11-18,23,26,28-30,34,40-41,45,54-58H,19-22,24H2,1-10H3,(H,50,60)/b15-13+,23-18+,27-16-/t26-,28+,29+,30+,34-,40-,41+,45+,49-/m0/s1. The Hall–Kier alpha value is -5.61. The van der Waals surface area contributed by atoms with Gasteiger partial charge in [-0.05, 0) is 38.0 Å². The fraction of sp³-hybridized carbons (Fsp3) is 0.490. The zero-order valence-corrected chi connectivity index (χ0v) is 38.3. The minimum atomic E-state index is -2.04. The summed E-state index contributed by atoms with van der Waals surface area (Å²) in [6, 6.07) is 8.13. The maximum absolute atomic E-state index is 14.6. The summed E-state index contributed by atoms with van der Waals surface area (Å²) in [7, 11) is 1.45. The number of piperazine rings is 1. The summed E-state index contributed by atoms with van der Waals surface area (Å²) in [5, 5.41) is 61.7. The second-order valence-electron chi connectivity index (χ2n) is 17.7. The molecule has 1 amide bonds. The monoisotopic (exact) mass is 885 g/mol. The third kappa shape index (κ3) is 9.17. The maximum atomic E-state index is 14.6. The van der Waals surface area contributed by atoms with Crippen molar-refractivity contribution in [1.82, 2.24) is 4.90 Å². The van der Waals surface area contributed by atoms with Gasteiger partial charge in [0, 0.05) is 93.9 Å². The van der Waals surface area contributed by atoms with Crippen molar-refractivity contribution in [2.24, 2.45) is 23.7 Å². The van der Waals surface area contributed by atoms with Gasteiger partial charge in [0.2, 0.25) is 0 Å². The SMILES string of the molecule is CO[C@H]1/C=C/O[C@@]2(C)Oc3c(C)c(O)c4c(O)c(c(N5CCN(Cc6ccccc6C)CC5)c(O)c4c3C2=O)NC(=O)/C(C)=C\C=C\[C@H](C)[C@H](O)[C@@H](C)[C@@H](O)[C@@H](C)[C@H](OC(C)=O)[C@@H]1C. The van der Waals surface area contributed by atoms with Gasteiger partial charge in [-0.1, -0.05) is 70.2 Å². The molecular weight excluding hydrogens is 823 g/mol. The molecule has 1 saturated heterocycles. The van der Waals surface area contributed by atoms with E-state index in [1.54, 1.807) is 46.8 Å². The highest BCUT2D eigenvalue weighted by Gasteiger charge is 2.50. The van der Waals surface area contributed by atoms with E-state index >= 15 is 0 Å². The highest BCUT2D eigenvalue weighted by molar-refractivity contribution is 6.23. The number of methoxy groups -OCH3 is 1. The Morgan fingerprint density at radius 3 is 2.20 bits per heavy atom. The molecule has 15 nitrogen and oxygen atoms in total. The van der Waals surface area contributed by atoms with Crippen LogP contribution in [0.4, 0.5) is 11.4 Å². The van der Waals surface area contributed by atoms with Crippen molar-refractivity contribution in [3.63, 3.8) is 0 Å². The lowest BCUT2D eigenvalue weighted by molar-refractivity contribution is -0.160. The number of ketones is 1. The molecule has 3 aromatic carbocycles. The number of rotatable bonds is 5. The molecule has 9 atom stereocenters. The van der Waals surface area contributed by atoms with Gasteiger partial charge in [0.05, 0.1) is 35.5 Å². The van der Waals surface area contributed by atoms with Gasteiger partial charge >= 0.3 is 11.8 Å². The third-order valence-electron chi connectivity index (χ3n) is 13.3. The predicted molar refractivity (Wildman–Crippen MR) is 242 cm³/mol. The molecule has 5 bridgehead atoms. The summed E-state index contributed by atoms with van der Waals surface area (Å²) in [4.78, 5) is 45.1. The molecule has 0 aliphatic carbocycles. The second kappa shape index (κ2) is 19.2. The lowest BCUT2D eigenvalue weighted by Gasteiger charge is -2.38. The van der Waals surface area contributed by atoms with Gasteiger partial charge in [0.25, 0.3) is 11.7 Å². The van der Waals surface area contributed by atoms with E-state index in [-0.39, 0.29) is 44.6 Å². The molecule has 15 heteroatoms. The first-order chi connectivity index (χ1) is 30.2. The van der Waals surface area contributed by atoms with Crippen LogP contribution in [0.25, 0.3) is 10.8 Å². The molecule has 0 saturated carbocycles. The number of benzene rings is 3. The summed E-state index contributed by atoms with van der Waals surface area (Å²) in [5.41, 5.74) is 2.37. The number of anilines is 2. The number of allylic oxidation sites excluding steroid dienone is 2. The average molecular weight is 886 g/mol. The minimum Gasteiger partial charge on any atom is -0.507 e. The Balaban J connectivity index is 1.49. The lowest BCUT2D eigenvalue weighted by atomic mass is 9.78. The smallest absolute Gasteiger partial charge is 0.312 e. The number of phenolic OH excluding ortho intramolecular Hbond substituents is 3. The molecule has 64 heavy (non-hydrogen) atoms. The van der Waals surface area contributed by atoms with E-state index in [2.05, 4.69) is 29.3 Å². The van der Waals surface area contributed by atoms with Crippen LogP contribution >= 0.6 is 0 Å². The molecule has 3 aromatic rings. The number of hydrogen-bond donors (Lipinski definition) is 6. The number of aryl methyl sites for hydroxylation is 1. The zero-order valence-electron chi connectivity index (χ0n) is 38.3. The van der Waals surface area contributed by atoms with Crippen molar-refractivity contribution in [2.75, 3.05) is 43.5 Å². The summed E-state index contributed by atoms with van der Waals surface area (Å²) in [6.45, 7) is 17.3. The summed E-state index contributed by atoms with van der Waals surface area (Å²) in [5.74, 6) is -8.03. The number of aliphatic hydroxyl groups is 2. The largest absolute Gasteiger partial charge is 0.507 e. The van der Waals surface area contributed by atoms with E-state index in [0.717, 1.165) is 5.56 Å². The molecular formula is C49H63N3O12. The topological polar surface area (TPSA) is 208 Å². The Morgan fingerprint density at radius 1 is 0.891 bits per heavy atom. The van der Waals surface area contributed by atoms with Crippen molar-refractivity contribution in [3.05, 3.63) is 82.7 Å². The maximum Gasteiger partial charge on any atom is 0.312 e. The number of amides is 1. The van der Waals surface area contributed by atoms with Gasteiger partial charge in [-0.25, -0.2) is 0 Å². The number of nitrogens with zero attached hydrogens (tertiary/aromatic N) is 2. The van der Waals surface area contributed by atoms with Crippen LogP contribution in [0.15, 0.2) is 60.4 Å². The molecule has 0 spiro atoms. The molecule has 0 aromatic heterocycles. The number of nitrogens with one attached hydrogen (secondary N) is 1. The van der Waals surface area contributed by atoms with Crippen LogP contribution in [-0.4, -0.2) is 112 Å². The van der Waals surface area contributed by atoms with Gasteiger partial charge in [-0.15, -0.1) is 0 Å². The molecule has 346 valence electrons. The molecule has 6 N–H and O–H groups in total. The Bertz CT molecular complexity index is 2370. The predicted octanol–water partition coefficient (Wildman–Crippen LogP) is 6.38. The fourth-order valence-electron chi connectivity index (χ4n) is 9.17. The fourth-order valence-corrected chi connectivity index (χ4v) is 9.17. The van der Waals surface area contributed by atoms with Gasteiger partial charge in [-0.3, -0.25) is 19.3 Å². The van der Waals surface area contributed by atoms with Crippen molar-refractivity contribution < 1.29 is 58.9 Å². The van der Waals surface area contributed by atoms with E-state index in [1.807, 2.05) is 17.0 Å². The number of fused-ring (bicyclic) bond motifs is 14. The van der Waals surface area contributed by atoms with E-state index in [4.69, 9.17) is 18.9 Å². The van der Waals surface area contributed by atoms with Crippen LogP contribution in [0.2, 0.25) is 0 Å². The summed E-state index contributed by atoms with van der Waals surface area (Å²) >= 11 is 0. The first-order valence-electron chi connectivity index (χ1n) is 21.8. The highest BCUT2D eigenvalue weighted by atomic mass is 16.7. The van der Waals surface area contributed by atoms with Crippen molar-refractivity contribution in [1.29, 1.82) is 0 Å². The number of ether oxygens (including phenoxy) is 4. The molecule has 7 rings (SSSR count). The normalized spacial score (nSPS) is 30.3. The average Bonchev–Trinajstić information content (AvgIpc) is 3.53. The van der Waals surface area contributed by atoms with Crippen molar-refractivity contribution in [3.8, 4) is 23.0 Å². The molecule has 4 aliphatic heterocycles. The second-order valence-corrected chi connectivity index (χ2v) is 17.7. The highest BCUT2D eigenvalue weighted by Crippen LogP contribution is 2.57. The zero-order chi connectivity index (χ0) is 46.9. The van der Waals surface area contributed by atoms with Crippen LogP contribution in [0.5, 0.6) is 23.0 Å². The van der Waals surface area contributed by atoms with E-state index in [0.29, 0.717) is 32.7 Å². The molecule has 4 heterocycles. The van der Waals surface area contributed by atoms with Crippen LogP contribution in [0.1, 0.15) is 75.5 Å². The molecule has 0 unspecified atom stereocenters. The number of phenols is 3. The lowest BCUT2D eigenvalue weighted by Crippen LogP contribution is -2.46. The van der Waals surface area contributed by atoms with Gasteiger partial charge < -0.3 is 54.7 Å². The van der Waals surface area contributed by atoms with E-state index in [1.165, 1.54) is 51.9 Å². The molecule has 1 fully saturated rings. The van der Waals surface area contributed by atoms with Crippen LogP contribution in [0.3, 0.4) is 0 Å². The minimum absolute atomic E-state index is 0.0529. The van der Waals surface area contributed by atoms with Crippen molar-refractivity contribution in [2.45, 2.75) is 99.1 Å². The first-order valence-corrected chi connectivity index (χ1v) is 21.8. The van der Waals surface area contributed by atoms with Gasteiger partial charge in [0.1, 0.15) is 34.7 Å². The van der Waals surface area contributed by atoms with E-state index < -0.39 is 88.8 Å². The Morgan fingerprint density at radius 2 is 1.56 bits per heavy atom. The number of aliphatic hydroxyl groups excluding tert-OH is 2. The quantitative estimate of drug-likeness (QED) is 0.0934. The van der Waals surface area contributed by atoms with Gasteiger partial charge in [0.15, 0.2) is 5.75 Å². The van der Waals surface area contributed by atoms with E-state index in [9.17, 15) is 39.9 Å². The Kier molecular flexibility index (Phi) is 14.4. The number of Topliss-reactive ketones (excluding diaryl/α,β-unsaturated/α-hetero) is 1. The van der Waals surface area contributed by atoms with Gasteiger partial charge in [-0.2, -0.15) is 0 Å². The molecule has 4 aliphatic rings.